The highest BCUT2D eigenvalue weighted by Crippen LogP contribution is 2.19. The van der Waals surface area contributed by atoms with Crippen LogP contribution in [0, 0.1) is 0 Å². The fourth-order valence-corrected chi connectivity index (χ4v) is 3.22. The highest BCUT2D eigenvalue weighted by molar-refractivity contribution is 7.92. The summed E-state index contributed by atoms with van der Waals surface area (Å²) in [6, 6.07) is 8.89. The number of hydrogen-bond acceptors (Lipinski definition) is 6. The third kappa shape index (κ3) is 2.81. The average molecular weight is 346 g/mol. The van der Waals surface area contributed by atoms with Crippen LogP contribution in [-0.2, 0) is 21.8 Å². The van der Waals surface area contributed by atoms with Crippen molar-refractivity contribution in [2.24, 2.45) is 7.05 Å². The summed E-state index contributed by atoms with van der Waals surface area (Å²) in [6.07, 6.45) is 1.60. The largest absolute Gasteiger partial charge is 0.465 e. The van der Waals surface area contributed by atoms with Crippen molar-refractivity contribution < 1.29 is 17.9 Å². The Hall–Kier alpha value is -2.94. The molecular weight excluding hydrogens is 332 g/mol. The molecule has 3 aromatic rings. The van der Waals surface area contributed by atoms with Gasteiger partial charge in [0, 0.05) is 13.2 Å². The highest BCUT2D eigenvalue weighted by Gasteiger charge is 2.19. The maximum Gasteiger partial charge on any atom is 0.337 e. The second-order valence-electron chi connectivity index (χ2n) is 4.96. The summed E-state index contributed by atoms with van der Waals surface area (Å²) in [5, 5.41) is 0. The van der Waals surface area contributed by atoms with Gasteiger partial charge in [-0.3, -0.25) is 4.57 Å². The minimum atomic E-state index is -3.85. The summed E-state index contributed by atoms with van der Waals surface area (Å²) in [5.74, 6) is -0.380. The van der Waals surface area contributed by atoms with Gasteiger partial charge in [0.1, 0.15) is 5.52 Å². The van der Waals surface area contributed by atoms with Gasteiger partial charge in [0.2, 0.25) is 5.95 Å². The Balaban J connectivity index is 1.93. The smallest absolute Gasteiger partial charge is 0.337 e. The topological polar surface area (TPSA) is 103 Å². The van der Waals surface area contributed by atoms with Crippen LogP contribution in [0.1, 0.15) is 10.4 Å². The fourth-order valence-electron chi connectivity index (χ4n) is 2.18. The molecule has 2 aromatic heterocycles. The monoisotopic (exact) mass is 346 g/mol. The van der Waals surface area contributed by atoms with E-state index in [1.165, 1.54) is 31.4 Å². The standard InChI is InChI=1S/C15H14N4O4S/c1-19-13-12(4-3-9-16-13)17-15(19)18-24(21,22)11-7-5-10(6-8-11)14(20)23-2/h3-9H,1-2H3,(H,17,18). The number of rotatable bonds is 4. The van der Waals surface area contributed by atoms with E-state index in [2.05, 4.69) is 19.4 Å². The number of ether oxygens (including phenoxy) is 1. The molecule has 9 heteroatoms. The minimum absolute atomic E-state index is 0.00942. The summed E-state index contributed by atoms with van der Waals surface area (Å²) in [7, 11) is -0.920. The maximum atomic E-state index is 12.5. The van der Waals surface area contributed by atoms with Gasteiger partial charge in [-0.1, -0.05) is 0 Å². The van der Waals surface area contributed by atoms with Crippen LogP contribution in [0.2, 0.25) is 0 Å². The molecule has 124 valence electrons. The van der Waals surface area contributed by atoms with E-state index in [1.54, 1.807) is 29.9 Å². The number of methoxy groups -OCH3 is 1. The number of sulfonamides is 1. The zero-order chi connectivity index (χ0) is 17.3. The first-order valence-electron chi connectivity index (χ1n) is 6.91. The minimum Gasteiger partial charge on any atom is -0.465 e. The highest BCUT2D eigenvalue weighted by atomic mass is 32.2. The van der Waals surface area contributed by atoms with E-state index in [9.17, 15) is 13.2 Å². The fraction of sp³-hybridized carbons (Fsp3) is 0.133. The van der Waals surface area contributed by atoms with Crippen LogP contribution in [0.3, 0.4) is 0 Å². The van der Waals surface area contributed by atoms with Crippen LogP contribution in [0.4, 0.5) is 5.95 Å². The predicted molar refractivity (Wildman–Crippen MR) is 87.1 cm³/mol. The predicted octanol–water partition coefficient (Wildman–Crippen LogP) is 1.56. The van der Waals surface area contributed by atoms with Crippen LogP contribution >= 0.6 is 0 Å². The molecule has 0 aliphatic heterocycles. The molecule has 2 heterocycles. The number of imidazole rings is 1. The molecule has 0 atom stereocenters. The SMILES string of the molecule is COC(=O)c1ccc(S(=O)(=O)Nc2nc3cccnc3n2C)cc1. The van der Waals surface area contributed by atoms with Gasteiger partial charge < -0.3 is 4.74 Å². The van der Waals surface area contributed by atoms with Gasteiger partial charge >= 0.3 is 5.97 Å². The average Bonchev–Trinajstić information content (AvgIpc) is 2.90. The molecule has 0 aliphatic rings. The van der Waals surface area contributed by atoms with Crippen LogP contribution in [0.15, 0.2) is 47.5 Å². The molecule has 0 saturated heterocycles. The molecule has 3 rings (SSSR count). The van der Waals surface area contributed by atoms with Crippen molar-refractivity contribution >= 4 is 33.1 Å². The molecule has 1 aromatic carbocycles. The lowest BCUT2D eigenvalue weighted by atomic mass is 10.2. The van der Waals surface area contributed by atoms with E-state index in [0.29, 0.717) is 11.2 Å². The van der Waals surface area contributed by atoms with E-state index in [-0.39, 0.29) is 16.4 Å². The quantitative estimate of drug-likeness (QED) is 0.719. The Morgan fingerprint density at radius 1 is 1.21 bits per heavy atom. The lowest BCUT2D eigenvalue weighted by Crippen LogP contribution is -2.16. The zero-order valence-corrected chi connectivity index (χ0v) is 13.7. The zero-order valence-electron chi connectivity index (χ0n) is 12.9. The van der Waals surface area contributed by atoms with E-state index in [1.807, 2.05) is 0 Å². The number of anilines is 1. The van der Waals surface area contributed by atoms with Gasteiger partial charge in [-0.2, -0.15) is 0 Å². The van der Waals surface area contributed by atoms with Gasteiger partial charge in [0.25, 0.3) is 10.0 Å². The van der Waals surface area contributed by atoms with Crippen LogP contribution in [0.5, 0.6) is 0 Å². The van der Waals surface area contributed by atoms with Crippen molar-refractivity contribution in [3.63, 3.8) is 0 Å². The number of nitrogens with one attached hydrogen (secondary N) is 1. The summed E-state index contributed by atoms with van der Waals surface area (Å²) < 4.78 is 33.5. The maximum absolute atomic E-state index is 12.5. The molecule has 0 saturated carbocycles. The summed E-state index contributed by atoms with van der Waals surface area (Å²) in [6.45, 7) is 0. The van der Waals surface area contributed by atoms with E-state index in [4.69, 9.17) is 0 Å². The number of fused-ring (bicyclic) bond motifs is 1. The molecule has 1 N–H and O–H groups in total. The van der Waals surface area contributed by atoms with Gasteiger partial charge in [-0.25, -0.2) is 27.9 Å². The Bertz CT molecular complexity index is 1010. The van der Waals surface area contributed by atoms with Crippen LogP contribution < -0.4 is 4.72 Å². The number of esters is 1. The van der Waals surface area contributed by atoms with Crippen molar-refractivity contribution in [1.29, 1.82) is 0 Å². The molecule has 0 bridgehead atoms. The Labute approximate surface area is 138 Å². The van der Waals surface area contributed by atoms with E-state index < -0.39 is 16.0 Å². The van der Waals surface area contributed by atoms with Crippen LogP contribution in [-0.4, -0.2) is 36.0 Å². The Morgan fingerprint density at radius 2 is 1.92 bits per heavy atom. The van der Waals surface area contributed by atoms with E-state index in [0.717, 1.165) is 0 Å². The first-order valence-corrected chi connectivity index (χ1v) is 8.39. The number of aryl methyl sites for hydroxylation is 1. The van der Waals surface area contributed by atoms with Crippen molar-refractivity contribution in [1.82, 2.24) is 14.5 Å². The van der Waals surface area contributed by atoms with Gasteiger partial charge in [-0.15, -0.1) is 0 Å². The normalized spacial score (nSPS) is 11.4. The molecule has 8 nitrogen and oxygen atoms in total. The molecule has 0 fully saturated rings. The number of carbonyl (C=O) groups excluding carboxylic acids is 1. The Kier molecular flexibility index (Phi) is 3.94. The summed E-state index contributed by atoms with van der Waals surface area (Å²) in [5.41, 5.74) is 1.42. The molecule has 0 amide bonds. The molecule has 24 heavy (non-hydrogen) atoms. The Morgan fingerprint density at radius 3 is 2.54 bits per heavy atom. The third-order valence-corrected chi connectivity index (χ3v) is 4.78. The third-order valence-electron chi connectivity index (χ3n) is 3.44. The number of hydrogen-bond donors (Lipinski definition) is 1. The number of aromatic nitrogens is 3. The van der Waals surface area contributed by atoms with Gasteiger partial charge in [-0.05, 0) is 36.4 Å². The second-order valence-corrected chi connectivity index (χ2v) is 6.64. The number of carbonyl (C=O) groups is 1. The number of benzene rings is 1. The van der Waals surface area contributed by atoms with Crippen molar-refractivity contribution in [2.75, 3.05) is 11.8 Å². The van der Waals surface area contributed by atoms with Crippen molar-refractivity contribution in [3.05, 3.63) is 48.2 Å². The van der Waals surface area contributed by atoms with E-state index >= 15 is 0 Å². The van der Waals surface area contributed by atoms with Crippen molar-refractivity contribution in [2.45, 2.75) is 4.90 Å². The van der Waals surface area contributed by atoms with Gasteiger partial charge in [0.15, 0.2) is 5.65 Å². The van der Waals surface area contributed by atoms with Gasteiger partial charge in [0.05, 0.1) is 17.6 Å². The number of pyridine rings is 1. The molecule has 0 unspecified atom stereocenters. The summed E-state index contributed by atoms with van der Waals surface area (Å²) in [4.78, 5) is 19.8. The van der Waals surface area contributed by atoms with Crippen LogP contribution in [0.25, 0.3) is 11.2 Å². The number of nitrogens with zero attached hydrogens (tertiary/aromatic N) is 3. The molecule has 0 radical (unpaired) electrons. The first-order chi connectivity index (χ1) is 11.4. The molecule has 0 spiro atoms. The molecular formula is C15H14N4O4S. The van der Waals surface area contributed by atoms with Crippen molar-refractivity contribution in [3.8, 4) is 0 Å². The lowest BCUT2D eigenvalue weighted by molar-refractivity contribution is 0.0600. The second kappa shape index (κ2) is 5.93. The first kappa shape index (κ1) is 15.9. The lowest BCUT2D eigenvalue weighted by Gasteiger charge is -2.08. The molecule has 0 aliphatic carbocycles. The summed E-state index contributed by atoms with van der Waals surface area (Å²) >= 11 is 0.